The van der Waals surface area contributed by atoms with E-state index in [1.165, 1.54) is 70.8 Å². The Bertz CT molecular complexity index is 285. The summed E-state index contributed by atoms with van der Waals surface area (Å²) < 4.78 is 0. The summed E-state index contributed by atoms with van der Waals surface area (Å²) in [7, 11) is 0. The number of hydrogen-bond donors (Lipinski definition) is 0. The number of piperidine rings is 1. The first-order valence-corrected chi connectivity index (χ1v) is 9.10. The molecule has 4 unspecified atom stereocenters. The fourth-order valence-electron chi connectivity index (χ4n) is 4.69. The maximum atomic E-state index is 3.80. The van der Waals surface area contributed by atoms with Gasteiger partial charge in [-0.1, -0.05) is 45.6 Å². The molecule has 20 heavy (non-hydrogen) atoms. The third-order valence-corrected chi connectivity index (χ3v) is 5.73. The zero-order valence-electron chi connectivity index (χ0n) is 13.8. The van der Waals surface area contributed by atoms with Crippen LogP contribution in [0.5, 0.6) is 0 Å². The predicted octanol–water partition coefficient (Wildman–Crippen LogP) is 5.41. The molecule has 0 bridgehead atoms. The van der Waals surface area contributed by atoms with Crippen molar-refractivity contribution in [2.75, 3.05) is 6.54 Å². The second kappa shape index (κ2) is 8.22. The van der Waals surface area contributed by atoms with Crippen LogP contribution < -0.4 is 0 Å². The number of hydrogen-bond acceptors (Lipinski definition) is 1. The Kier molecular flexibility index (Phi) is 6.61. The molecule has 2 heterocycles. The molecule has 0 amide bonds. The van der Waals surface area contributed by atoms with E-state index in [9.17, 15) is 0 Å². The quantitative estimate of drug-likeness (QED) is 0.423. The highest BCUT2D eigenvalue weighted by atomic mass is 15.2. The molecule has 2 rings (SSSR count). The molecule has 0 spiro atoms. The van der Waals surface area contributed by atoms with Gasteiger partial charge in [0, 0.05) is 12.1 Å². The number of unbranched alkanes of at least 4 members (excludes halogenated alkanes) is 5. The Hall–Kier alpha value is -0.300. The van der Waals surface area contributed by atoms with E-state index in [4.69, 9.17) is 0 Å². The number of fused-ring (bicyclic) bond motifs is 1. The molecule has 4 atom stereocenters. The third-order valence-electron chi connectivity index (χ3n) is 5.73. The first kappa shape index (κ1) is 16.1. The Balaban J connectivity index is 1.67. The van der Waals surface area contributed by atoms with Gasteiger partial charge >= 0.3 is 0 Å². The van der Waals surface area contributed by atoms with Gasteiger partial charge in [0.2, 0.25) is 0 Å². The lowest BCUT2D eigenvalue weighted by Crippen LogP contribution is -2.50. The van der Waals surface area contributed by atoms with Gasteiger partial charge in [-0.05, 0) is 56.9 Å². The van der Waals surface area contributed by atoms with Gasteiger partial charge in [0.25, 0.3) is 0 Å². The molecular weight excluding hydrogens is 242 g/mol. The lowest BCUT2D eigenvalue weighted by atomic mass is 9.79. The second-order valence-corrected chi connectivity index (χ2v) is 7.34. The lowest BCUT2D eigenvalue weighted by Gasteiger charge is -2.45. The summed E-state index contributed by atoms with van der Waals surface area (Å²) >= 11 is 0. The molecule has 1 heteroatoms. The number of allylic oxidation sites excluding steroid dienone is 1. The molecular formula is C19H35N. The number of rotatable bonds is 8. The largest absolute Gasteiger partial charge is 0.297 e. The molecule has 0 N–H and O–H groups in total. The molecule has 1 nitrogen and oxygen atoms in total. The van der Waals surface area contributed by atoms with Crippen LogP contribution in [-0.2, 0) is 0 Å². The summed E-state index contributed by atoms with van der Waals surface area (Å²) in [4.78, 5) is 2.89. The molecule has 2 aliphatic rings. The van der Waals surface area contributed by atoms with Gasteiger partial charge in [-0.25, -0.2) is 0 Å². The van der Waals surface area contributed by atoms with E-state index in [-0.39, 0.29) is 0 Å². The summed E-state index contributed by atoms with van der Waals surface area (Å²) in [6.07, 6.45) is 16.1. The van der Waals surface area contributed by atoms with Gasteiger partial charge in [-0.15, -0.1) is 6.58 Å². The van der Waals surface area contributed by atoms with Crippen molar-refractivity contribution in [3.8, 4) is 0 Å². The topological polar surface area (TPSA) is 3.24 Å². The first-order valence-electron chi connectivity index (χ1n) is 9.10. The van der Waals surface area contributed by atoms with Crippen LogP contribution in [-0.4, -0.2) is 23.5 Å². The zero-order valence-corrected chi connectivity index (χ0v) is 13.8. The van der Waals surface area contributed by atoms with Crippen LogP contribution >= 0.6 is 0 Å². The Morgan fingerprint density at radius 1 is 1.05 bits per heavy atom. The van der Waals surface area contributed by atoms with Crippen LogP contribution in [0.15, 0.2) is 12.7 Å². The molecule has 0 radical (unpaired) electrons. The van der Waals surface area contributed by atoms with Crippen LogP contribution in [0.4, 0.5) is 0 Å². The van der Waals surface area contributed by atoms with E-state index in [1.54, 1.807) is 0 Å². The Morgan fingerprint density at radius 2 is 1.80 bits per heavy atom. The fourth-order valence-corrected chi connectivity index (χ4v) is 4.69. The molecule has 2 saturated heterocycles. The van der Waals surface area contributed by atoms with Gasteiger partial charge in [-0.3, -0.25) is 4.90 Å². The average molecular weight is 277 g/mol. The molecule has 0 aromatic rings. The van der Waals surface area contributed by atoms with Gasteiger partial charge in [0.1, 0.15) is 0 Å². The second-order valence-electron chi connectivity index (χ2n) is 7.34. The predicted molar refractivity (Wildman–Crippen MR) is 89.0 cm³/mol. The minimum atomic E-state index is 0.895. The van der Waals surface area contributed by atoms with Crippen molar-refractivity contribution < 1.29 is 0 Å². The molecule has 116 valence electrons. The van der Waals surface area contributed by atoms with Gasteiger partial charge in [0.15, 0.2) is 0 Å². The van der Waals surface area contributed by atoms with Crippen LogP contribution in [0.3, 0.4) is 0 Å². The summed E-state index contributed by atoms with van der Waals surface area (Å²) in [5, 5.41) is 0. The van der Waals surface area contributed by atoms with Crippen molar-refractivity contribution >= 4 is 0 Å². The molecule has 2 aliphatic heterocycles. The van der Waals surface area contributed by atoms with E-state index in [2.05, 4.69) is 31.4 Å². The van der Waals surface area contributed by atoms with Crippen molar-refractivity contribution in [2.24, 2.45) is 11.8 Å². The summed E-state index contributed by atoms with van der Waals surface area (Å²) in [6, 6.07) is 1.82. The van der Waals surface area contributed by atoms with Crippen LogP contribution in [0.2, 0.25) is 0 Å². The lowest BCUT2D eigenvalue weighted by molar-refractivity contribution is 0.0344. The highest BCUT2D eigenvalue weighted by molar-refractivity contribution is 4.95. The van der Waals surface area contributed by atoms with Gasteiger partial charge < -0.3 is 0 Å². The van der Waals surface area contributed by atoms with Crippen LogP contribution in [0, 0.1) is 11.8 Å². The minimum absolute atomic E-state index is 0.895. The van der Waals surface area contributed by atoms with Gasteiger partial charge in [0.05, 0.1) is 0 Å². The maximum absolute atomic E-state index is 3.80. The standard InChI is InChI=1S/C19H35N/c1-4-5-6-7-8-9-10-12-18-16(2)15-17(3)19-13-11-14-20(18)19/h4,16-19H,1,5-15H2,2-3H3. The highest BCUT2D eigenvalue weighted by Crippen LogP contribution is 2.39. The molecule has 0 aliphatic carbocycles. The zero-order chi connectivity index (χ0) is 14.4. The Labute approximate surface area is 126 Å². The van der Waals surface area contributed by atoms with Crippen molar-refractivity contribution in [3.63, 3.8) is 0 Å². The molecule has 0 aromatic heterocycles. The average Bonchev–Trinajstić information content (AvgIpc) is 2.90. The first-order chi connectivity index (χ1) is 9.74. The molecule has 0 aromatic carbocycles. The SMILES string of the molecule is C=CCCCCCCCC1C(C)CC(C)C2CCCN12. The number of nitrogens with zero attached hydrogens (tertiary/aromatic N) is 1. The van der Waals surface area contributed by atoms with E-state index in [0.29, 0.717) is 0 Å². The summed E-state index contributed by atoms with van der Waals surface area (Å²) in [5.74, 6) is 1.85. The summed E-state index contributed by atoms with van der Waals surface area (Å²) in [6.45, 7) is 10.2. The maximum Gasteiger partial charge on any atom is 0.0124 e. The van der Waals surface area contributed by atoms with Crippen molar-refractivity contribution in [2.45, 2.75) is 90.1 Å². The van der Waals surface area contributed by atoms with Crippen molar-refractivity contribution in [1.29, 1.82) is 0 Å². The summed E-state index contributed by atoms with van der Waals surface area (Å²) in [5.41, 5.74) is 0. The fraction of sp³-hybridized carbons (Fsp3) is 0.895. The van der Waals surface area contributed by atoms with Crippen molar-refractivity contribution in [3.05, 3.63) is 12.7 Å². The third kappa shape index (κ3) is 4.10. The van der Waals surface area contributed by atoms with E-state index in [1.807, 2.05) is 0 Å². The van der Waals surface area contributed by atoms with E-state index >= 15 is 0 Å². The van der Waals surface area contributed by atoms with E-state index < -0.39 is 0 Å². The molecule has 0 saturated carbocycles. The van der Waals surface area contributed by atoms with Crippen LogP contribution in [0.1, 0.15) is 78.1 Å². The Morgan fingerprint density at radius 3 is 2.60 bits per heavy atom. The van der Waals surface area contributed by atoms with Crippen LogP contribution in [0.25, 0.3) is 0 Å². The normalized spacial score (nSPS) is 34.1. The highest BCUT2D eigenvalue weighted by Gasteiger charge is 2.40. The van der Waals surface area contributed by atoms with Crippen molar-refractivity contribution in [1.82, 2.24) is 4.90 Å². The monoisotopic (exact) mass is 277 g/mol. The van der Waals surface area contributed by atoms with Gasteiger partial charge in [-0.2, -0.15) is 0 Å². The molecule has 2 fully saturated rings. The smallest absolute Gasteiger partial charge is 0.0124 e. The minimum Gasteiger partial charge on any atom is -0.297 e. The van der Waals surface area contributed by atoms with E-state index in [0.717, 1.165) is 23.9 Å².